The van der Waals surface area contributed by atoms with Gasteiger partial charge in [-0.05, 0) is 42.3 Å². The molecule has 0 saturated carbocycles. The van der Waals surface area contributed by atoms with Crippen LogP contribution in [-0.2, 0) is 21.2 Å². The van der Waals surface area contributed by atoms with Gasteiger partial charge in [-0.1, -0.05) is 84.4 Å². The maximum absolute atomic E-state index is 13.7. The lowest BCUT2D eigenvalue weighted by molar-refractivity contribution is 0.0601. The monoisotopic (exact) mass is 561 g/mol. The topological polar surface area (TPSA) is 90.3 Å². The summed E-state index contributed by atoms with van der Waals surface area (Å²) in [6.45, 7) is 1.91. The van der Waals surface area contributed by atoms with Crippen LogP contribution in [0.2, 0.25) is 0 Å². The van der Waals surface area contributed by atoms with Crippen LogP contribution in [0.1, 0.15) is 27.2 Å². The van der Waals surface area contributed by atoms with E-state index in [1.807, 2.05) is 73.7 Å². The number of aryl methyl sites for hydroxylation is 1. The molecule has 1 N–H and O–H groups in total. The standard InChI is InChI=1S/C33H27N3O4S/c1-22-13-16-26(17-14-22)41(38,39)35-36-21-28-27-18-15-25(33(37)40-2)20-29(27)34-32(28)31(24-11-7-4-8-12-24)30(36)19-23-9-5-3-6-10-23/h3-18,20-21,35H,19H2,1-2H3. The fourth-order valence-electron chi connectivity index (χ4n) is 5.04. The van der Waals surface area contributed by atoms with Crippen molar-refractivity contribution in [2.75, 3.05) is 11.9 Å². The normalized spacial score (nSPS) is 11.6. The van der Waals surface area contributed by atoms with E-state index in [2.05, 4.69) is 4.83 Å². The van der Waals surface area contributed by atoms with E-state index in [1.165, 1.54) is 7.11 Å². The smallest absolute Gasteiger partial charge is 0.337 e. The molecule has 0 fully saturated rings. The number of methoxy groups -OCH3 is 1. The molecule has 204 valence electrons. The van der Waals surface area contributed by atoms with E-state index < -0.39 is 16.0 Å². The maximum atomic E-state index is 13.7. The van der Waals surface area contributed by atoms with Crippen LogP contribution in [0.5, 0.6) is 0 Å². The number of pyridine rings is 1. The Morgan fingerprint density at radius 1 is 0.902 bits per heavy atom. The molecule has 7 nitrogen and oxygen atoms in total. The van der Waals surface area contributed by atoms with E-state index in [-0.39, 0.29) is 4.90 Å². The molecule has 0 aliphatic carbocycles. The number of carbonyl (C=O) groups excluding carboxylic acids is 1. The van der Waals surface area contributed by atoms with Gasteiger partial charge in [-0.15, -0.1) is 0 Å². The zero-order valence-electron chi connectivity index (χ0n) is 22.5. The summed E-state index contributed by atoms with van der Waals surface area (Å²) in [6.07, 6.45) is 2.22. The fourth-order valence-corrected chi connectivity index (χ4v) is 6.06. The lowest BCUT2D eigenvalue weighted by Gasteiger charge is -2.23. The summed E-state index contributed by atoms with van der Waals surface area (Å²) in [5.74, 6) is -0.451. The van der Waals surface area contributed by atoms with E-state index in [4.69, 9.17) is 9.72 Å². The maximum Gasteiger partial charge on any atom is 0.337 e. The van der Waals surface area contributed by atoms with Gasteiger partial charge in [0.1, 0.15) is 0 Å². The molecule has 6 rings (SSSR count). The number of nitrogens with one attached hydrogen (secondary N) is 1. The van der Waals surface area contributed by atoms with Crippen molar-refractivity contribution >= 4 is 26.9 Å². The lowest BCUT2D eigenvalue weighted by atomic mass is 9.94. The largest absolute Gasteiger partial charge is 0.465 e. The zero-order chi connectivity index (χ0) is 28.6. The van der Waals surface area contributed by atoms with E-state index in [0.29, 0.717) is 23.2 Å². The number of rotatable bonds is 7. The minimum atomic E-state index is -3.94. The van der Waals surface area contributed by atoms with E-state index in [1.54, 1.807) is 47.3 Å². The van der Waals surface area contributed by atoms with Crippen molar-refractivity contribution in [1.29, 1.82) is 0 Å². The van der Waals surface area contributed by atoms with Crippen LogP contribution in [-0.4, -0.2) is 31.2 Å². The molecular formula is C33H27N3O4S. The summed E-state index contributed by atoms with van der Waals surface area (Å²) >= 11 is 0. The molecule has 4 aromatic rings. The summed E-state index contributed by atoms with van der Waals surface area (Å²) in [4.78, 5) is 20.2. The Labute approximate surface area is 238 Å². The molecule has 2 heterocycles. The van der Waals surface area contributed by atoms with Crippen LogP contribution in [0.4, 0.5) is 0 Å². The molecule has 2 aliphatic rings. The van der Waals surface area contributed by atoms with Crippen molar-refractivity contribution in [3.8, 4) is 22.4 Å². The van der Waals surface area contributed by atoms with Gasteiger partial charge in [0.15, 0.2) is 0 Å². The van der Waals surface area contributed by atoms with Crippen molar-refractivity contribution in [3.05, 3.63) is 132 Å². The lowest BCUT2D eigenvalue weighted by Crippen LogP contribution is -2.27. The number of aromatic nitrogens is 2. The second-order valence-electron chi connectivity index (χ2n) is 9.85. The van der Waals surface area contributed by atoms with Gasteiger partial charge in [-0.2, -0.15) is 8.42 Å². The number of esters is 1. The van der Waals surface area contributed by atoms with Gasteiger partial charge in [-0.3, -0.25) is 4.68 Å². The molecule has 8 heteroatoms. The molecule has 2 aliphatic heterocycles. The highest BCUT2D eigenvalue weighted by molar-refractivity contribution is 7.92. The first-order valence-electron chi connectivity index (χ1n) is 13.1. The van der Waals surface area contributed by atoms with Crippen molar-refractivity contribution in [1.82, 2.24) is 9.66 Å². The van der Waals surface area contributed by atoms with Crippen molar-refractivity contribution in [2.24, 2.45) is 0 Å². The molecule has 0 spiro atoms. The molecule has 0 atom stereocenters. The Balaban J connectivity index is 1.65. The Morgan fingerprint density at radius 3 is 2.27 bits per heavy atom. The number of sulfonamides is 1. The van der Waals surface area contributed by atoms with Crippen molar-refractivity contribution in [2.45, 2.75) is 18.2 Å². The molecule has 0 saturated heterocycles. The van der Waals surface area contributed by atoms with E-state index in [9.17, 15) is 13.2 Å². The number of nitrogens with zero attached hydrogens (tertiary/aromatic N) is 2. The highest BCUT2D eigenvalue weighted by atomic mass is 32.2. The summed E-state index contributed by atoms with van der Waals surface area (Å²) in [5, 5.41) is 0.791. The van der Waals surface area contributed by atoms with E-state index in [0.717, 1.165) is 38.9 Å². The average molecular weight is 562 g/mol. The summed E-state index contributed by atoms with van der Waals surface area (Å²) in [5.41, 5.74) is 6.86. The zero-order valence-corrected chi connectivity index (χ0v) is 23.4. The Bertz CT molecular complexity index is 1950. The molecule has 0 bridgehead atoms. The number of carbonyl (C=O) groups is 1. The van der Waals surface area contributed by atoms with Crippen LogP contribution in [0.25, 0.3) is 33.3 Å². The van der Waals surface area contributed by atoms with Crippen molar-refractivity contribution < 1.29 is 17.9 Å². The van der Waals surface area contributed by atoms with Gasteiger partial charge in [0.2, 0.25) is 0 Å². The van der Waals surface area contributed by atoms with Gasteiger partial charge in [0, 0.05) is 29.1 Å². The Hall–Kier alpha value is -4.95. The molecular weight excluding hydrogens is 534 g/mol. The summed E-state index contributed by atoms with van der Waals surface area (Å²) < 4.78 is 33.8. The summed E-state index contributed by atoms with van der Waals surface area (Å²) in [7, 11) is -2.60. The predicted molar refractivity (Wildman–Crippen MR) is 160 cm³/mol. The van der Waals surface area contributed by atoms with Crippen molar-refractivity contribution in [3.63, 3.8) is 0 Å². The number of ether oxygens (including phenoxy) is 1. The van der Waals surface area contributed by atoms with Gasteiger partial charge < -0.3 is 4.74 Å². The number of benzene rings is 4. The number of hydrogen-bond donors (Lipinski definition) is 1. The number of fused-ring (bicyclic) bond motifs is 3. The second kappa shape index (κ2) is 10.6. The predicted octanol–water partition coefficient (Wildman–Crippen LogP) is 6.43. The number of hydrogen-bond acceptors (Lipinski definition) is 5. The highest BCUT2D eigenvalue weighted by Gasteiger charge is 2.26. The van der Waals surface area contributed by atoms with Crippen LogP contribution in [0, 0.1) is 6.92 Å². The third kappa shape index (κ3) is 5.05. The summed E-state index contributed by atoms with van der Waals surface area (Å²) in [6, 6.07) is 31.6. The van der Waals surface area contributed by atoms with Crippen LogP contribution >= 0.6 is 0 Å². The first-order valence-corrected chi connectivity index (χ1v) is 14.6. The third-order valence-electron chi connectivity index (χ3n) is 7.10. The van der Waals surface area contributed by atoms with Gasteiger partial charge in [0.05, 0.1) is 34.5 Å². The first-order chi connectivity index (χ1) is 19.8. The SMILES string of the molecule is COC(=O)c1ccc2c3cn(NS(=O)(=O)c4ccc(C)cc4)c(Cc4ccccc4)c(-c4ccccc4)c-3nc2c1. The minimum absolute atomic E-state index is 0.163. The molecule has 0 aromatic heterocycles. The molecule has 41 heavy (non-hydrogen) atoms. The molecule has 0 unspecified atom stereocenters. The van der Waals surface area contributed by atoms with E-state index >= 15 is 0 Å². The van der Waals surface area contributed by atoms with Gasteiger partial charge >= 0.3 is 5.97 Å². The molecule has 0 amide bonds. The second-order valence-corrected chi connectivity index (χ2v) is 11.5. The van der Waals surface area contributed by atoms with Crippen LogP contribution in [0.15, 0.2) is 114 Å². The average Bonchev–Trinajstić information content (AvgIpc) is 3.35. The quantitative estimate of drug-likeness (QED) is 0.227. The Kier molecular flexibility index (Phi) is 6.77. The third-order valence-corrected chi connectivity index (χ3v) is 8.43. The molecule has 0 radical (unpaired) electrons. The minimum Gasteiger partial charge on any atom is -0.465 e. The van der Waals surface area contributed by atoms with Gasteiger partial charge in [0.25, 0.3) is 10.0 Å². The van der Waals surface area contributed by atoms with Crippen LogP contribution < -0.4 is 4.83 Å². The fraction of sp³-hybridized carbons (Fsp3) is 0.0909. The van der Waals surface area contributed by atoms with Gasteiger partial charge in [-0.25, -0.2) is 14.6 Å². The Morgan fingerprint density at radius 2 is 1.59 bits per heavy atom. The highest BCUT2D eigenvalue weighted by Crippen LogP contribution is 2.41. The van der Waals surface area contributed by atoms with Crippen LogP contribution in [0.3, 0.4) is 0 Å². The molecule has 4 aromatic carbocycles. The first kappa shape index (κ1) is 26.3.